The van der Waals surface area contributed by atoms with Crippen LogP contribution in [0.1, 0.15) is 12.8 Å². The summed E-state index contributed by atoms with van der Waals surface area (Å²) in [5, 5.41) is 0. The quantitative estimate of drug-likeness (QED) is 0.740. The zero-order chi connectivity index (χ0) is 13.0. The lowest BCUT2D eigenvalue weighted by molar-refractivity contribution is 0.124. The zero-order valence-corrected chi connectivity index (χ0v) is 12.3. The third-order valence-electron chi connectivity index (χ3n) is 4.24. The van der Waals surface area contributed by atoms with E-state index in [1.54, 1.807) is 0 Å². The van der Waals surface area contributed by atoms with Crippen molar-refractivity contribution in [1.82, 2.24) is 14.7 Å². The van der Waals surface area contributed by atoms with Gasteiger partial charge in [0, 0.05) is 51.7 Å². The average Bonchev–Trinajstić information content (AvgIpc) is 2.38. The average molecular weight is 270 g/mol. The third-order valence-corrected chi connectivity index (χ3v) is 4.57. The summed E-state index contributed by atoms with van der Waals surface area (Å²) in [7, 11) is 2.20. The van der Waals surface area contributed by atoms with Gasteiger partial charge in [-0.25, -0.2) is 0 Å². The van der Waals surface area contributed by atoms with Gasteiger partial charge in [-0.1, -0.05) is 12.2 Å². The van der Waals surface area contributed by atoms with Crippen LogP contribution in [0.25, 0.3) is 0 Å². The highest BCUT2D eigenvalue weighted by Gasteiger charge is 2.22. The molecule has 5 heteroatoms. The Morgan fingerprint density at radius 1 is 1.11 bits per heavy atom. The standard InChI is InChI=1S/C13H26N4S/c1-15-5-7-16(8-6-15)9-10-17-4-2-3-12(11-17)13(14)18/h12H,2-11H2,1H3,(H2,14,18). The van der Waals surface area contributed by atoms with Crippen LogP contribution in [-0.4, -0.2) is 79.1 Å². The molecule has 1 atom stereocenters. The lowest BCUT2D eigenvalue weighted by Gasteiger charge is -2.36. The van der Waals surface area contributed by atoms with Crippen molar-refractivity contribution in [3.8, 4) is 0 Å². The Morgan fingerprint density at radius 2 is 1.78 bits per heavy atom. The van der Waals surface area contributed by atoms with Crippen LogP contribution >= 0.6 is 12.2 Å². The van der Waals surface area contributed by atoms with E-state index in [4.69, 9.17) is 18.0 Å². The van der Waals surface area contributed by atoms with Crippen LogP contribution in [0, 0.1) is 5.92 Å². The Morgan fingerprint density at radius 3 is 2.44 bits per heavy atom. The molecular weight excluding hydrogens is 244 g/mol. The minimum absolute atomic E-state index is 0.446. The lowest BCUT2D eigenvalue weighted by atomic mass is 9.98. The summed E-state index contributed by atoms with van der Waals surface area (Å²) in [5.41, 5.74) is 5.77. The molecule has 4 nitrogen and oxygen atoms in total. The molecule has 2 N–H and O–H groups in total. The van der Waals surface area contributed by atoms with Crippen molar-refractivity contribution >= 4 is 17.2 Å². The van der Waals surface area contributed by atoms with Crippen molar-refractivity contribution in [3.05, 3.63) is 0 Å². The number of hydrogen-bond acceptors (Lipinski definition) is 4. The van der Waals surface area contributed by atoms with E-state index in [0.717, 1.165) is 6.54 Å². The van der Waals surface area contributed by atoms with E-state index in [-0.39, 0.29) is 0 Å². The van der Waals surface area contributed by atoms with Gasteiger partial charge >= 0.3 is 0 Å². The number of nitrogens with two attached hydrogens (primary N) is 1. The minimum atomic E-state index is 0.446. The first kappa shape index (κ1) is 14.2. The van der Waals surface area contributed by atoms with Crippen molar-refractivity contribution in [1.29, 1.82) is 0 Å². The predicted molar refractivity (Wildman–Crippen MR) is 79.9 cm³/mol. The molecule has 2 saturated heterocycles. The highest BCUT2D eigenvalue weighted by molar-refractivity contribution is 7.80. The topological polar surface area (TPSA) is 35.7 Å². The molecule has 0 saturated carbocycles. The van der Waals surface area contributed by atoms with E-state index in [1.165, 1.54) is 58.7 Å². The van der Waals surface area contributed by atoms with Crippen molar-refractivity contribution < 1.29 is 0 Å². The fraction of sp³-hybridized carbons (Fsp3) is 0.923. The Labute approximate surface area is 116 Å². The molecule has 0 spiro atoms. The van der Waals surface area contributed by atoms with Gasteiger partial charge in [0.05, 0.1) is 4.99 Å². The summed E-state index contributed by atoms with van der Waals surface area (Å²) in [5.74, 6) is 0.446. The van der Waals surface area contributed by atoms with Gasteiger partial charge in [-0.15, -0.1) is 0 Å². The molecule has 1 unspecified atom stereocenters. The molecule has 2 fully saturated rings. The van der Waals surface area contributed by atoms with E-state index in [9.17, 15) is 0 Å². The molecule has 2 aliphatic heterocycles. The van der Waals surface area contributed by atoms with Crippen LogP contribution in [0.5, 0.6) is 0 Å². The van der Waals surface area contributed by atoms with Gasteiger partial charge in [0.25, 0.3) is 0 Å². The molecule has 0 aliphatic carbocycles. The number of piperidine rings is 1. The van der Waals surface area contributed by atoms with Gasteiger partial charge in [0.1, 0.15) is 0 Å². The van der Waals surface area contributed by atoms with Crippen molar-refractivity contribution in [3.63, 3.8) is 0 Å². The Balaban J connectivity index is 1.68. The molecule has 2 rings (SSSR count). The largest absolute Gasteiger partial charge is 0.393 e. The number of nitrogens with zero attached hydrogens (tertiary/aromatic N) is 3. The van der Waals surface area contributed by atoms with Crippen LogP contribution in [-0.2, 0) is 0 Å². The Bertz CT molecular complexity index is 276. The molecule has 0 amide bonds. The van der Waals surface area contributed by atoms with Crippen molar-refractivity contribution in [2.24, 2.45) is 11.7 Å². The number of piperazine rings is 1. The number of likely N-dealkylation sites (tertiary alicyclic amines) is 1. The van der Waals surface area contributed by atoms with Crippen molar-refractivity contribution in [2.75, 3.05) is 59.4 Å². The first-order valence-corrected chi connectivity index (χ1v) is 7.48. The molecule has 18 heavy (non-hydrogen) atoms. The van der Waals surface area contributed by atoms with Gasteiger partial charge in [0.2, 0.25) is 0 Å². The maximum Gasteiger partial charge on any atom is 0.0771 e. The molecule has 0 aromatic heterocycles. The van der Waals surface area contributed by atoms with Crippen LogP contribution in [0.2, 0.25) is 0 Å². The van der Waals surface area contributed by atoms with Crippen LogP contribution in [0.4, 0.5) is 0 Å². The fourth-order valence-electron chi connectivity index (χ4n) is 2.85. The van der Waals surface area contributed by atoms with Crippen LogP contribution in [0.15, 0.2) is 0 Å². The second-order valence-electron chi connectivity index (χ2n) is 5.69. The van der Waals surface area contributed by atoms with Crippen LogP contribution in [0.3, 0.4) is 0 Å². The lowest BCUT2D eigenvalue weighted by Crippen LogP contribution is -2.48. The summed E-state index contributed by atoms with van der Waals surface area (Å²) in [4.78, 5) is 8.22. The number of likely N-dealkylation sites (N-methyl/N-ethyl adjacent to an activating group) is 1. The second-order valence-corrected chi connectivity index (χ2v) is 6.16. The minimum Gasteiger partial charge on any atom is -0.393 e. The maximum absolute atomic E-state index is 5.77. The van der Waals surface area contributed by atoms with E-state index < -0.39 is 0 Å². The first-order chi connectivity index (χ1) is 8.65. The highest BCUT2D eigenvalue weighted by Crippen LogP contribution is 2.16. The SMILES string of the molecule is CN1CCN(CCN2CCCC(C(N)=S)C2)CC1. The summed E-state index contributed by atoms with van der Waals surface area (Å²) in [6.45, 7) is 9.48. The van der Waals surface area contributed by atoms with E-state index in [1.807, 2.05) is 0 Å². The Hall–Kier alpha value is -0.230. The molecular formula is C13H26N4S. The van der Waals surface area contributed by atoms with Gasteiger partial charge in [-0.05, 0) is 26.4 Å². The maximum atomic E-state index is 5.77. The number of hydrogen-bond donors (Lipinski definition) is 1. The monoisotopic (exact) mass is 270 g/mol. The summed E-state index contributed by atoms with van der Waals surface area (Å²) >= 11 is 5.13. The smallest absolute Gasteiger partial charge is 0.0771 e. The van der Waals surface area contributed by atoms with E-state index in [0.29, 0.717) is 10.9 Å². The summed E-state index contributed by atoms with van der Waals surface area (Å²) in [6.07, 6.45) is 2.42. The van der Waals surface area contributed by atoms with E-state index >= 15 is 0 Å². The van der Waals surface area contributed by atoms with Gasteiger partial charge in [-0.3, -0.25) is 4.90 Å². The molecule has 0 radical (unpaired) electrons. The highest BCUT2D eigenvalue weighted by atomic mass is 32.1. The molecule has 0 aromatic carbocycles. The molecule has 104 valence electrons. The molecule has 2 heterocycles. The van der Waals surface area contributed by atoms with Gasteiger partial charge in [-0.2, -0.15) is 0 Å². The van der Waals surface area contributed by atoms with Gasteiger partial charge < -0.3 is 15.5 Å². The molecule has 0 aromatic rings. The third kappa shape index (κ3) is 4.16. The van der Waals surface area contributed by atoms with Crippen molar-refractivity contribution in [2.45, 2.75) is 12.8 Å². The fourth-order valence-corrected chi connectivity index (χ4v) is 3.04. The number of rotatable bonds is 4. The van der Waals surface area contributed by atoms with E-state index in [2.05, 4.69) is 21.7 Å². The zero-order valence-electron chi connectivity index (χ0n) is 11.5. The predicted octanol–water partition coefficient (Wildman–Crippen LogP) is 0.232. The summed E-state index contributed by atoms with van der Waals surface area (Å²) < 4.78 is 0. The second kappa shape index (κ2) is 6.80. The molecule has 0 bridgehead atoms. The van der Waals surface area contributed by atoms with Gasteiger partial charge in [0.15, 0.2) is 0 Å². The number of thiocarbonyl (C=S) groups is 1. The first-order valence-electron chi connectivity index (χ1n) is 7.08. The molecule has 2 aliphatic rings. The Kier molecular flexibility index (Phi) is 5.36. The van der Waals surface area contributed by atoms with Crippen LogP contribution < -0.4 is 5.73 Å². The normalized spacial score (nSPS) is 28.4. The summed E-state index contributed by atoms with van der Waals surface area (Å²) in [6, 6.07) is 0.